The number of carbonyl (C=O) groups is 2. The van der Waals surface area contributed by atoms with Crippen LogP contribution in [0.2, 0.25) is 0 Å². The van der Waals surface area contributed by atoms with Gasteiger partial charge in [0.05, 0.1) is 7.11 Å². The number of para-hydroxylation sites is 1. The maximum Gasteiger partial charge on any atom is 0.326 e. The van der Waals surface area contributed by atoms with Crippen molar-refractivity contribution in [3.8, 4) is 5.75 Å². The van der Waals surface area contributed by atoms with Gasteiger partial charge in [-0.2, -0.15) is 0 Å². The normalized spacial score (nSPS) is 19.2. The van der Waals surface area contributed by atoms with Crippen LogP contribution in [-0.4, -0.2) is 41.6 Å². The Kier molecular flexibility index (Phi) is 6.02. The first-order valence-corrected chi connectivity index (χ1v) is 8.17. The molecule has 1 aromatic carbocycles. The Bertz CT molecular complexity index is 558. The number of likely N-dealkylation sites (tertiary alicyclic amines) is 1. The van der Waals surface area contributed by atoms with Crippen molar-refractivity contribution in [2.75, 3.05) is 13.7 Å². The molecule has 1 saturated heterocycles. The lowest BCUT2D eigenvalue weighted by Gasteiger charge is -2.33. The zero-order valence-electron chi connectivity index (χ0n) is 13.8. The number of nitrogens with zero attached hydrogens (tertiary/aromatic N) is 1. The number of hydrogen-bond donors (Lipinski definition) is 1. The van der Waals surface area contributed by atoms with E-state index < -0.39 is 12.0 Å². The van der Waals surface area contributed by atoms with Crippen LogP contribution in [-0.2, 0) is 16.0 Å². The van der Waals surface area contributed by atoms with E-state index in [4.69, 9.17) is 4.74 Å². The molecule has 0 radical (unpaired) electrons. The predicted octanol–water partition coefficient (Wildman–Crippen LogP) is 2.73. The van der Waals surface area contributed by atoms with Crippen LogP contribution in [0.25, 0.3) is 0 Å². The molecule has 0 aliphatic carbocycles. The molecule has 2 rings (SSSR count). The van der Waals surface area contributed by atoms with Crippen molar-refractivity contribution in [1.29, 1.82) is 0 Å². The molecule has 1 aromatic rings. The third kappa shape index (κ3) is 4.47. The summed E-state index contributed by atoms with van der Waals surface area (Å²) in [6.45, 7) is 2.57. The molecule has 1 aliphatic rings. The standard InChI is InChI=1S/C18H25NO4/c1-13(11-14-7-3-4-9-16(14)23-2)12-17(20)19-10-6-5-8-15(19)18(21)22/h3-4,7,9,13,15H,5-6,8,10-12H2,1-2H3,(H,21,22)/t13-,15+/m1/s1. The van der Waals surface area contributed by atoms with E-state index in [-0.39, 0.29) is 11.8 Å². The third-order valence-electron chi connectivity index (χ3n) is 4.39. The topological polar surface area (TPSA) is 66.8 Å². The monoisotopic (exact) mass is 319 g/mol. The summed E-state index contributed by atoms with van der Waals surface area (Å²) >= 11 is 0. The largest absolute Gasteiger partial charge is 0.496 e. The van der Waals surface area contributed by atoms with Crippen molar-refractivity contribution in [2.45, 2.75) is 45.1 Å². The first-order valence-electron chi connectivity index (χ1n) is 8.17. The number of ether oxygens (including phenoxy) is 1. The lowest BCUT2D eigenvalue weighted by atomic mass is 9.95. The van der Waals surface area contributed by atoms with Crippen LogP contribution in [0.15, 0.2) is 24.3 Å². The van der Waals surface area contributed by atoms with Crippen LogP contribution in [0.1, 0.15) is 38.2 Å². The van der Waals surface area contributed by atoms with Crippen molar-refractivity contribution in [3.63, 3.8) is 0 Å². The minimum atomic E-state index is -0.893. The number of amides is 1. The molecule has 0 bridgehead atoms. The van der Waals surface area contributed by atoms with Crippen LogP contribution < -0.4 is 4.74 Å². The Balaban J connectivity index is 1.97. The summed E-state index contributed by atoms with van der Waals surface area (Å²) in [5.41, 5.74) is 1.07. The number of carboxylic acids is 1. The summed E-state index contributed by atoms with van der Waals surface area (Å²) in [6.07, 6.45) is 3.42. The fraction of sp³-hybridized carbons (Fsp3) is 0.556. The smallest absolute Gasteiger partial charge is 0.326 e. The second kappa shape index (κ2) is 7.99. The average molecular weight is 319 g/mol. The van der Waals surface area contributed by atoms with Gasteiger partial charge in [-0.3, -0.25) is 4.79 Å². The van der Waals surface area contributed by atoms with E-state index in [0.717, 1.165) is 30.6 Å². The van der Waals surface area contributed by atoms with Crippen molar-refractivity contribution in [2.24, 2.45) is 5.92 Å². The van der Waals surface area contributed by atoms with Gasteiger partial charge in [0.2, 0.25) is 5.91 Å². The molecule has 1 amide bonds. The quantitative estimate of drug-likeness (QED) is 0.875. The number of methoxy groups -OCH3 is 1. The second-order valence-corrected chi connectivity index (χ2v) is 6.26. The van der Waals surface area contributed by atoms with Gasteiger partial charge in [-0.25, -0.2) is 4.79 Å². The van der Waals surface area contributed by atoms with E-state index in [2.05, 4.69) is 0 Å². The molecule has 1 N–H and O–H groups in total. The van der Waals surface area contributed by atoms with Crippen molar-refractivity contribution < 1.29 is 19.4 Å². The van der Waals surface area contributed by atoms with Gasteiger partial charge in [-0.15, -0.1) is 0 Å². The molecular formula is C18H25NO4. The summed E-state index contributed by atoms with van der Waals surface area (Å²) in [4.78, 5) is 25.4. The van der Waals surface area contributed by atoms with Gasteiger partial charge in [-0.1, -0.05) is 25.1 Å². The maximum absolute atomic E-state index is 12.5. The lowest BCUT2D eigenvalue weighted by molar-refractivity contribution is -0.152. The Morgan fingerprint density at radius 3 is 2.78 bits per heavy atom. The predicted molar refractivity (Wildman–Crippen MR) is 87.5 cm³/mol. The molecular weight excluding hydrogens is 294 g/mol. The summed E-state index contributed by atoms with van der Waals surface area (Å²) < 4.78 is 5.34. The van der Waals surface area contributed by atoms with Gasteiger partial charge in [0, 0.05) is 13.0 Å². The summed E-state index contributed by atoms with van der Waals surface area (Å²) in [7, 11) is 1.64. The SMILES string of the molecule is COc1ccccc1C[C@@H](C)CC(=O)N1CCCC[C@H]1C(=O)O. The molecule has 0 spiro atoms. The van der Waals surface area contributed by atoms with Gasteiger partial charge in [-0.05, 0) is 43.2 Å². The number of benzene rings is 1. The molecule has 0 saturated carbocycles. The summed E-state index contributed by atoms with van der Waals surface area (Å²) in [5.74, 6) is 0.0123. The molecule has 1 heterocycles. The van der Waals surface area contributed by atoms with Gasteiger partial charge >= 0.3 is 5.97 Å². The lowest BCUT2D eigenvalue weighted by Crippen LogP contribution is -2.48. The zero-order valence-corrected chi connectivity index (χ0v) is 13.8. The highest BCUT2D eigenvalue weighted by Crippen LogP contribution is 2.24. The van der Waals surface area contributed by atoms with E-state index in [1.807, 2.05) is 31.2 Å². The zero-order chi connectivity index (χ0) is 16.8. The number of rotatable bonds is 6. The number of piperidine rings is 1. The molecule has 1 aliphatic heterocycles. The van der Waals surface area contributed by atoms with Crippen LogP contribution in [0.3, 0.4) is 0 Å². The maximum atomic E-state index is 12.5. The Hall–Kier alpha value is -2.04. The summed E-state index contributed by atoms with van der Waals surface area (Å²) in [5, 5.41) is 9.28. The van der Waals surface area contributed by atoms with E-state index in [1.54, 1.807) is 12.0 Å². The highest BCUT2D eigenvalue weighted by atomic mass is 16.5. The average Bonchev–Trinajstić information content (AvgIpc) is 2.55. The minimum Gasteiger partial charge on any atom is -0.496 e. The minimum absolute atomic E-state index is 0.0560. The number of aliphatic carboxylic acids is 1. The molecule has 5 nitrogen and oxygen atoms in total. The van der Waals surface area contributed by atoms with Crippen molar-refractivity contribution in [1.82, 2.24) is 4.90 Å². The molecule has 1 fully saturated rings. The number of carboxylic acid groups (broad SMARTS) is 1. The van der Waals surface area contributed by atoms with Crippen LogP contribution >= 0.6 is 0 Å². The molecule has 126 valence electrons. The third-order valence-corrected chi connectivity index (χ3v) is 4.39. The molecule has 5 heteroatoms. The van der Waals surface area contributed by atoms with Gasteiger partial charge in [0.1, 0.15) is 11.8 Å². The fourth-order valence-electron chi connectivity index (χ4n) is 3.22. The molecule has 0 unspecified atom stereocenters. The first kappa shape index (κ1) is 17.3. The van der Waals surface area contributed by atoms with E-state index >= 15 is 0 Å². The molecule has 23 heavy (non-hydrogen) atoms. The Morgan fingerprint density at radius 2 is 2.09 bits per heavy atom. The molecule has 2 atom stereocenters. The van der Waals surface area contributed by atoms with Crippen LogP contribution in [0, 0.1) is 5.92 Å². The van der Waals surface area contributed by atoms with Crippen molar-refractivity contribution >= 4 is 11.9 Å². The van der Waals surface area contributed by atoms with Crippen LogP contribution in [0.5, 0.6) is 5.75 Å². The van der Waals surface area contributed by atoms with Crippen LogP contribution in [0.4, 0.5) is 0 Å². The van der Waals surface area contributed by atoms with E-state index in [9.17, 15) is 14.7 Å². The van der Waals surface area contributed by atoms with Gasteiger partial charge in [0.25, 0.3) is 0 Å². The summed E-state index contributed by atoms with van der Waals surface area (Å²) in [6, 6.07) is 7.13. The van der Waals surface area contributed by atoms with E-state index in [1.165, 1.54) is 0 Å². The highest BCUT2D eigenvalue weighted by molar-refractivity contribution is 5.84. The molecule has 0 aromatic heterocycles. The number of carbonyl (C=O) groups excluding carboxylic acids is 1. The Morgan fingerprint density at radius 1 is 1.35 bits per heavy atom. The van der Waals surface area contributed by atoms with Crippen molar-refractivity contribution in [3.05, 3.63) is 29.8 Å². The fourth-order valence-corrected chi connectivity index (χ4v) is 3.22. The second-order valence-electron chi connectivity index (χ2n) is 6.26. The van der Waals surface area contributed by atoms with E-state index in [0.29, 0.717) is 19.4 Å². The van der Waals surface area contributed by atoms with Gasteiger partial charge in [0.15, 0.2) is 0 Å². The highest BCUT2D eigenvalue weighted by Gasteiger charge is 2.32. The Labute approximate surface area is 137 Å². The number of hydrogen-bond acceptors (Lipinski definition) is 3. The first-order chi connectivity index (χ1) is 11.0. The van der Waals surface area contributed by atoms with Gasteiger partial charge < -0.3 is 14.7 Å².